The standard InChI is InChI=1S/C14H22ClN5O/c1-3-20-6-4-5-11(20)9-19(2)14(21)10-7-12(15)13(18-16)17-8-10/h7-8,11H,3-6,9,16H2,1-2H3,(H,17,18). The number of halogens is 1. The highest BCUT2D eigenvalue weighted by Gasteiger charge is 2.26. The Morgan fingerprint density at radius 2 is 2.43 bits per heavy atom. The van der Waals surface area contributed by atoms with Gasteiger partial charge >= 0.3 is 0 Å². The first-order chi connectivity index (χ1) is 10.1. The third kappa shape index (κ3) is 3.64. The number of pyridine rings is 1. The highest BCUT2D eigenvalue weighted by atomic mass is 35.5. The summed E-state index contributed by atoms with van der Waals surface area (Å²) < 4.78 is 0. The maximum atomic E-state index is 12.4. The van der Waals surface area contributed by atoms with Crippen molar-refractivity contribution in [1.82, 2.24) is 14.8 Å². The Kier molecular flexibility index (Phi) is 5.39. The van der Waals surface area contributed by atoms with Crippen molar-refractivity contribution in [2.24, 2.45) is 5.84 Å². The number of hydrazine groups is 1. The van der Waals surface area contributed by atoms with Crippen molar-refractivity contribution in [3.05, 3.63) is 22.8 Å². The van der Waals surface area contributed by atoms with Gasteiger partial charge < -0.3 is 10.3 Å². The van der Waals surface area contributed by atoms with Gasteiger partial charge in [-0.05, 0) is 32.0 Å². The molecule has 1 amide bonds. The molecule has 0 spiro atoms. The van der Waals surface area contributed by atoms with Gasteiger partial charge in [-0.1, -0.05) is 18.5 Å². The molecule has 1 aliphatic heterocycles. The Morgan fingerprint density at radius 3 is 3.05 bits per heavy atom. The Labute approximate surface area is 130 Å². The van der Waals surface area contributed by atoms with Crippen LogP contribution in [-0.4, -0.2) is 53.4 Å². The number of hydrogen-bond donors (Lipinski definition) is 2. The van der Waals surface area contributed by atoms with E-state index >= 15 is 0 Å². The zero-order chi connectivity index (χ0) is 15.4. The van der Waals surface area contributed by atoms with Crippen molar-refractivity contribution in [2.75, 3.05) is 32.1 Å². The summed E-state index contributed by atoms with van der Waals surface area (Å²) in [5.41, 5.74) is 2.86. The Bertz CT molecular complexity index is 510. The molecule has 2 heterocycles. The van der Waals surface area contributed by atoms with Crippen LogP contribution in [0, 0.1) is 0 Å². The molecular formula is C14H22ClN5O. The van der Waals surface area contributed by atoms with Crippen LogP contribution >= 0.6 is 11.6 Å². The minimum atomic E-state index is -0.0732. The monoisotopic (exact) mass is 311 g/mol. The number of hydrogen-bond acceptors (Lipinski definition) is 5. The molecule has 3 N–H and O–H groups in total. The fraction of sp³-hybridized carbons (Fsp3) is 0.571. The first kappa shape index (κ1) is 16.0. The van der Waals surface area contributed by atoms with Crippen LogP contribution in [0.25, 0.3) is 0 Å². The normalized spacial score (nSPS) is 18.8. The number of nitrogen functional groups attached to an aromatic ring is 1. The van der Waals surface area contributed by atoms with Gasteiger partial charge in [0.1, 0.15) is 0 Å². The van der Waals surface area contributed by atoms with E-state index in [1.165, 1.54) is 12.6 Å². The van der Waals surface area contributed by atoms with E-state index in [0.29, 0.717) is 22.4 Å². The number of likely N-dealkylation sites (tertiary alicyclic amines) is 1. The van der Waals surface area contributed by atoms with Gasteiger partial charge in [-0.15, -0.1) is 0 Å². The molecule has 1 aromatic heterocycles. The first-order valence-corrected chi connectivity index (χ1v) is 7.56. The highest BCUT2D eigenvalue weighted by Crippen LogP contribution is 2.21. The zero-order valence-corrected chi connectivity index (χ0v) is 13.2. The summed E-state index contributed by atoms with van der Waals surface area (Å²) in [7, 11) is 1.82. The second-order valence-electron chi connectivity index (χ2n) is 5.31. The summed E-state index contributed by atoms with van der Waals surface area (Å²) in [6.45, 7) is 5.02. The highest BCUT2D eigenvalue weighted by molar-refractivity contribution is 6.33. The summed E-state index contributed by atoms with van der Waals surface area (Å²) in [5, 5.41) is 0.341. The largest absolute Gasteiger partial charge is 0.340 e. The molecule has 1 saturated heterocycles. The minimum Gasteiger partial charge on any atom is -0.340 e. The number of amides is 1. The number of rotatable bonds is 5. The third-order valence-electron chi connectivity index (χ3n) is 3.96. The number of nitrogens with zero attached hydrogens (tertiary/aromatic N) is 3. The molecule has 6 nitrogen and oxygen atoms in total. The molecular weight excluding hydrogens is 290 g/mol. The van der Waals surface area contributed by atoms with Crippen molar-refractivity contribution in [3.8, 4) is 0 Å². The number of carbonyl (C=O) groups excluding carboxylic acids is 1. The van der Waals surface area contributed by atoms with Crippen LogP contribution in [0.2, 0.25) is 5.02 Å². The smallest absolute Gasteiger partial charge is 0.255 e. The number of carbonyl (C=O) groups is 1. The molecule has 0 saturated carbocycles. The van der Waals surface area contributed by atoms with Crippen LogP contribution in [0.1, 0.15) is 30.1 Å². The summed E-state index contributed by atoms with van der Waals surface area (Å²) in [4.78, 5) is 20.6. The fourth-order valence-corrected chi connectivity index (χ4v) is 3.02. The fourth-order valence-electron chi connectivity index (χ4n) is 2.80. The van der Waals surface area contributed by atoms with Crippen molar-refractivity contribution in [3.63, 3.8) is 0 Å². The van der Waals surface area contributed by atoms with E-state index in [9.17, 15) is 4.79 Å². The SMILES string of the molecule is CCN1CCCC1CN(C)C(=O)c1cnc(NN)c(Cl)c1. The lowest BCUT2D eigenvalue weighted by molar-refractivity contribution is 0.0754. The third-order valence-corrected chi connectivity index (χ3v) is 4.25. The topological polar surface area (TPSA) is 74.5 Å². The predicted octanol–water partition coefficient (Wildman–Crippen LogP) is 1.58. The Morgan fingerprint density at radius 1 is 1.67 bits per heavy atom. The average Bonchev–Trinajstić information content (AvgIpc) is 2.93. The Balaban J connectivity index is 2.03. The van der Waals surface area contributed by atoms with Crippen LogP contribution in [-0.2, 0) is 0 Å². The molecule has 0 aromatic carbocycles. The molecule has 1 aromatic rings. The van der Waals surface area contributed by atoms with Crippen LogP contribution in [0.3, 0.4) is 0 Å². The van der Waals surface area contributed by atoms with E-state index in [0.717, 1.165) is 26.1 Å². The molecule has 1 unspecified atom stereocenters. The average molecular weight is 312 g/mol. The minimum absolute atomic E-state index is 0.0732. The lowest BCUT2D eigenvalue weighted by Gasteiger charge is -2.27. The van der Waals surface area contributed by atoms with E-state index in [-0.39, 0.29) is 5.91 Å². The molecule has 0 aliphatic carbocycles. The van der Waals surface area contributed by atoms with Crippen molar-refractivity contribution >= 4 is 23.3 Å². The lowest BCUT2D eigenvalue weighted by atomic mass is 10.2. The maximum absolute atomic E-state index is 12.4. The van der Waals surface area contributed by atoms with Gasteiger partial charge in [0.25, 0.3) is 5.91 Å². The quantitative estimate of drug-likeness (QED) is 0.638. The van der Waals surface area contributed by atoms with Crippen LogP contribution in [0.15, 0.2) is 12.3 Å². The summed E-state index contributed by atoms with van der Waals surface area (Å²) in [6, 6.07) is 2.03. The first-order valence-electron chi connectivity index (χ1n) is 7.18. The molecule has 1 atom stereocenters. The molecule has 2 rings (SSSR count). The van der Waals surface area contributed by atoms with E-state index < -0.39 is 0 Å². The van der Waals surface area contributed by atoms with E-state index in [2.05, 4.69) is 22.2 Å². The van der Waals surface area contributed by atoms with Gasteiger partial charge in [-0.2, -0.15) is 0 Å². The summed E-state index contributed by atoms with van der Waals surface area (Å²) >= 11 is 6.01. The molecule has 0 radical (unpaired) electrons. The second kappa shape index (κ2) is 7.06. The van der Waals surface area contributed by atoms with Crippen LogP contribution in [0.5, 0.6) is 0 Å². The number of aromatic nitrogens is 1. The maximum Gasteiger partial charge on any atom is 0.255 e. The number of nitrogens with one attached hydrogen (secondary N) is 1. The summed E-state index contributed by atoms with van der Waals surface area (Å²) in [5.74, 6) is 5.57. The van der Waals surface area contributed by atoms with Gasteiger partial charge in [-0.3, -0.25) is 9.69 Å². The van der Waals surface area contributed by atoms with Gasteiger partial charge in [0.15, 0.2) is 5.82 Å². The van der Waals surface area contributed by atoms with Crippen molar-refractivity contribution in [2.45, 2.75) is 25.8 Å². The molecule has 0 bridgehead atoms. The van der Waals surface area contributed by atoms with E-state index in [1.807, 2.05) is 7.05 Å². The zero-order valence-electron chi connectivity index (χ0n) is 12.5. The molecule has 21 heavy (non-hydrogen) atoms. The summed E-state index contributed by atoms with van der Waals surface area (Å²) in [6.07, 6.45) is 3.83. The predicted molar refractivity (Wildman–Crippen MR) is 84.3 cm³/mol. The Hall–Kier alpha value is -1.37. The van der Waals surface area contributed by atoms with Gasteiger partial charge in [0.05, 0.1) is 10.6 Å². The van der Waals surface area contributed by atoms with E-state index in [4.69, 9.17) is 17.4 Å². The number of likely N-dealkylation sites (N-methyl/N-ethyl adjacent to an activating group) is 2. The van der Waals surface area contributed by atoms with E-state index in [1.54, 1.807) is 11.0 Å². The van der Waals surface area contributed by atoms with Gasteiger partial charge in [0, 0.05) is 25.8 Å². The molecule has 1 aliphatic rings. The number of anilines is 1. The van der Waals surface area contributed by atoms with Gasteiger partial charge in [-0.25, -0.2) is 10.8 Å². The van der Waals surface area contributed by atoms with Crippen molar-refractivity contribution < 1.29 is 4.79 Å². The van der Waals surface area contributed by atoms with Crippen molar-refractivity contribution in [1.29, 1.82) is 0 Å². The van der Waals surface area contributed by atoms with Crippen LogP contribution in [0.4, 0.5) is 5.82 Å². The second-order valence-corrected chi connectivity index (χ2v) is 5.72. The molecule has 116 valence electrons. The lowest BCUT2D eigenvalue weighted by Crippen LogP contribution is -2.41. The number of nitrogens with two attached hydrogens (primary N) is 1. The van der Waals surface area contributed by atoms with Gasteiger partial charge in [0.2, 0.25) is 0 Å². The molecule has 7 heteroatoms. The molecule has 1 fully saturated rings. The van der Waals surface area contributed by atoms with Crippen LogP contribution < -0.4 is 11.3 Å².